The molecule has 0 aromatic heterocycles. The Bertz CT molecular complexity index is 681. The minimum atomic E-state index is -1.87. The summed E-state index contributed by atoms with van der Waals surface area (Å²) in [5.41, 5.74) is 0. The van der Waals surface area contributed by atoms with E-state index in [1.54, 1.807) is 0 Å². The summed E-state index contributed by atoms with van der Waals surface area (Å²) >= 11 is 0. The Kier molecular flexibility index (Phi) is 28.3. The van der Waals surface area contributed by atoms with Crippen LogP contribution in [0.1, 0.15) is 13.3 Å². The van der Waals surface area contributed by atoms with E-state index in [0.717, 1.165) is 0 Å². The van der Waals surface area contributed by atoms with Gasteiger partial charge in [-0.2, -0.15) is 0 Å². The van der Waals surface area contributed by atoms with Gasteiger partial charge in [0.1, 0.15) is 42.4 Å². The number of carbonyl (C=O) groups is 1. The van der Waals surface area contributed by atoms with Gasteiger partial charge in [-0.3, -0.25) is 9.69 Å². The van der Waals surface area contributed by atoms with Crippen molar-refractivity contribution >= 4 is 5.78 Å². The molecule has 8 atom stereocenters. The van der Waals surface area contributed by atoms with Crippen molar-refractivity contribution in [3.63, 3.8) is 0 Å². The smallest absolute Gasteiger partial charge is 0.132 e. The molecular weight excluding hydrogens is 622 g/mol. The van der Waals surface area contributed by atoms with Crippen molar-refractivity contribution in [1.29, 1.82) is 0 Å². The Hall–Kier alpha value is -1.01. The highest BCUT2D eigenvalue weighted by Crippen LogP contribution is 2.11. The molecule has 0 fully saturated rings. The SMILES string of the molecule is CC(=O)CCOCCOCCOCCOCCOCCOCCN(C[C@H](O)[C@@H](O)[C@H](O)[C@H](O)CO)C[C@H](O)[C@@H](O)[C@H](O)[C@H](O)CO. The van der Waals surface area contributed by atoms with Crippen LogP contribution < -0.4 is 0 Å². The van der Waals surface area contributed by atoms with Gasteiger partial charge in [0.15, 0.2) is 0 Å². The van der Waals surface area contributed by atoms with Crippen molar-refractivity contribution in [1.82, 2.24) is 4.90 Å². The minimum Gasteiger partial charge on any atom is -0.394 e. The fourth-order valence-corrected chi connectivity index (χ4v) is 3.74. The predicted octanol–water partition coefficient (Wildman–Crippen LogP) is -5.76. The van der Waals surface area contributed by atoms with E-state index >= 15 is 0 Å². The first kappa shape index (κ1) is 45.0. The summed E-state index contributed by atoms with van der Waals surface area (Å²) in [7, 11) is 0. The molecule has 0 aromatic carbocycles. The number of ketones is 1. The molecule has 0 spiro atoms. The maximum atomic E-state index is 10.8. The van der Waals surface area contributed by atoms with Gasteiger partial charge in [0, 0.05) is 26.1 Å². The summed E-state index contributed by atoms with van der Waals surface area (Å²) in [4.78, 5) is 12.1. The van der Waals surface area contributed by atoms with Crippen LogP contribution in [0.3, 0.4) is 0 Å². The number of ether oxygens (including phenoxy) is 6. The van der Waals surface area contributed by atoms with Crippen LogP contribution in [-0.4, -0.2) is 223 Å². The monoisotopic (exact) mass is 679 g/mol. The maximum absolute atomic E-state index is 10.8. The number of hydrogen-bond acceptors (Lipinski definition) is 18. The standard InChI is InChI=1S/C28H57NO17/c1-20(32)2-4-41-6-8-43-10-12-45-14-15-46-13-11-44-9-7-42-5-3-29(16-21(33)25(37)27(39)23(35)18-30)17-22(34)26(38)28(40)24(36)19-31/h21-28,30-31,33-40H,2-19H2,1H3/t21-,22-,23+,24+,25+,26+,27+,28+/m0/s1. The number of carbonyl (C=O) groups excluding carboxylic acids is 1. The molecule has 0 heterocycles. The highest BCUT2D eigenvalue weighted by atomic mass is 16.6. The van der Waals surface area contributed by atoms with Gasteiger partial charge in [-0.15, -0.1) is 0 Å². The lowest BCUT2D eigenvalue weighted by Gasteiger charge is -2.33. The maximum Gasteiger partial charge on any atom is 0.132 e. The highest BCUT2D eigenvalue weighted by Gasteiger charge is 2.34. The molecule has 0 radical (unpaired) electrons. The lowest BCUT2D eigenvalue weighted by atomic mass is 10.0. The Labute approximate surface area is 269 Å². The van der Waals surface area contributed by atoms with Gasteiger partial charge in [-0.25, -0.2) is 0 Å². The first-order valence-corrected chi connectivity index (χ1v) is 15.3. The number of aliphatic hydroxyl groups excluding tert-OH is 10. The van der Waals surface area contributed by atoms with Crippen LogP contribution >= 0.6 is 0 Å². The second-order valence-corrected chi connectivity index (χ2v) is 10.5. The van der Waals surface area contributed by atoms with Crippen molar-refractivity contribution in [2.75, 3.05) is 112 Å². The van der Waals surface area contributed by atoms with Crippen molar-refractivity contribution in [3.05, 3.63) is 0 Å². The van der Waals surface area contributed by atoms with E-state index in [0.29, 0.717) is 65.9 Å². The van der Waals surface area contributed by atoms with E-state index in [1.807, 2.05) is 0 Å². The van der Waals surface area contributed by atoms with Gasteiger partial charge < -0.3 is 79.5 Å². The molecule has 0 aliphatic carbocycles. The summed E-state index contributed by atoms with van der Waals surface area (Å²) in [6.07, 6.45) is -13.8. The molecule has 276 valence electrons. The van der Waals surface area contributed by atoms with Crippen LogP contribution in [0.5, 0.6) is 0 Å². The normalized spacial score (nSPS) is 17.4. The van der Waals surface area contributed by atoms with Crippen LogP contribution in [0.25, 0.3) is 0 Å². The van der Waals surface area contributed by atoms with E-state index in [9.17, 15) is 45.6 Å². The molecule has 0 unspecified atom stereocenters. The molecule has 0 bridgehead atoms. The van der Waals surface area contributed by atoms with E-state index in [4.69, 9.17) is 38.6 Å². The third-order valence-electron chi connectivity index (χ3n) is 6.55. The van der Waals surface area contributed by atoms with Crippen molar-refractivity contribution < 1.29 is 84.3 Å². The van der Waals surface area contributed by atoms with Crippen molar-refractivity contribution in [3.8, 4) is 0 Å². The highest BCUT2D eigenvalue weighted by molar-refractivity contribution is 5.75. The van der Waals surface area contributed by atoms with Gasteiger partial charge in [0.05, 0.1) is 105 Å². The first-order valence-electron chi connectivity index (χ1n) is 15.3. The molecule has 0 saturated carbocycles. The summed E-state index contributed by atoms with van der Waals surface area (Å²) in [6, 6.07) is 0. The zero-order valence-electron chi connectivity index (χ0n) is 26.6. The summed E-state index contributed by atoms with van der Waals surface area (Å²) in [6.45, 7) is 2.96. The summed E-state index contributed by atoms with van der Waals surface area (Å²) in [5, 5.41) is 97.7. The number of nitrogens with zero attached hydrogens (tertiary/aromatic N) is 1. The van der Waals surface area contributed by atoms with Crippen LogP contribution in [0.15, 0.2) is 0 Å². The van der Waals surface area contributed by atoms with Gasteiger partial charge >= 0.3 is 0 Å². The average Bonchev–Trinajstić information content (AvgIpc) is 3.04. The van der Waals surface area contributed by atoms with E-state index in [1.165, 1.54) is 11.8 Å². The third kappa shape index (κ3) is 22.5. The number of rotatable bonds is 33. The van der Waals surface area contributed by atoms with Gasteiger partial charge in [0.2, 0.25) is 0 Å². The molecule has 0 saturated heterocycles. The van der Waals surface area contributed by atoms with E-state index in [-0.39, 0.29) is 45.2 Å². The van der Waals surface area contributed by atoms with Crippen molar-refractivity contribution in [2.45, 2.75) is 62.2 Å². The van der Waals surface area contributed by atoms with E-state index < -0.39 is 62.0 Å². The number of Topliss-reactive ketones (excluding diaryl/α,β-unsaturated/α-hetero) is 1. The molecule has 0 aliphatic rings. The van der Waals surface area contributed by atoms with Crippen LogP contribution in [0.4, 0.5) is 0 Å². The van der Waals surface area contributed by atoms with Crippen LogP contribution in [0.2, 0.25) is 0 Å². The second kappa shape index (κ2) is 29.0. The zero-order valence-corrected chi connectivity index (χ0v) is 26.6. The molecule has 0 amide bonds. The Morgan fingerprint density at radius 2 is 0.761 bits per heavy atom. The lowest BCUT2D eigenvalue weighted by molar-refractivity contribution is -0.131. The fraction of sp³-hybridized carbons (Fsp3) is 0.964. The lowest BCUT2D eigenvalue weighted by Crippen LogP contribution is -2.53. The summed E-state index contributed by atoms with van der Waals surface area (Å²) in [5.74, 6) is 0.0833. The summed E-state index contributed by atoms with van der Waals surface area (Å²) < 4.78 is 32.3. The quantitative estimate of drug-likeness (QED) is 0.0289. The number of hydrogen-bond donors (Lipinski definition) is 10. The average molecular weight is 680 g/mol. The number of aliphatic hydroxyl groups is 10. The van der Waals surface area contributed by atoms with Gasteiger partial charge in [-0.05, 0) is 6.92 Å². The molecule has 0 aliphatic heterocycles. The Morgan fingerprint density at radius 1 is 0.478 bits per heavy atom. The zero-order chi connectivity index (χ0) is 34.7. The molecule has 10 N–H and O–H groups in total. The third-order valence-corrected chi connectivity index (χ3v) is 6.55. The van der Waals surface area contributed by atoms with E-state index in [2.05, 4.69) is 0 Å². The minimum absolute atomic E-state index is 0.0356. The molecular formula is C28H57NO17. The molecule has 18 heteroatoms. The molecule has 18 nitrogen and oxygen atoms in total. The Balaban J connectivity index is 4.21. The molecule has 46 heavy (non-hydrogen) atoms. The molecule has 0 rings (SSSR count). The van der Waals surface area contributed by atoms with Crippen molar-refractivity contribution in [2.24, 2.45) is 0 Å². The predicted molar refractivity (Wildman–Crippen MR) is 159 cm³/mol. The Morgan fingerprint density at radius 3 is 1.07 bits per heavy atom. The van der Waals surface area contributed by atoms with Gasteiger partial charge in [0.25, 0.3) is 0 Å². The first-order chi connectivity index (χ1) is 22.0. The second-order valence-electron chi connectivity index (χ2n) is 10.5. The van der Waals surface area contributed by atoms with Gasteiger partial charge in [-0.1, -0.05) is 0 Å². The largest absolute Gasteiger partial charge is 0.394 e. The van der Waals surface area contributed by atoms with Crippen LogP contribution in [0, 0.1) is 0 Å². The fourth-order valence-electron chi connectivity index (χ4n) is 3.74. The van der Waals surface area contributed by atoms with Crippen LogP contribution in [-0.2, 0) is 33.2 Å². The molecule has 0 aromatic rings. The topological polar surface area (TPSA) is 278 Å².